The summed E-state index contributed by atoms with van der Waals surface area (Å²) in [5.41, 5.74) is 6.36. The van der Waals surface area contributed by atoms with Gasteiger partial charge >= 0.3 is 0 Å². The fraction of sp³-hybridized carbons (Fsp3) is 0.462. The Balaban J connectivity index is 3.31. The lowest BCUT2D eigenvalue weighted by atomic mass is 9.84. The Morgan fingerprint density at radius 1 is 1.47 bits per heavy atom. The summed E-state index contributed by atoms with van der Waals surface area (Å²) in [6, 6.07) is 3.41. The van der Waals surface area contributed by atoms with Crippen LogP contribution in [0.3, 0.4) is 0 Å². The molecule has 2 N–H and O–H groups in total. The third-order valence-corrected chi connectivity index (χ3v) is 3.26. The Kier molecular flexibility index (Phi) is 4.17. The maximum atomic E-state index is 12.3. The van der Waals surface area contributed by atoms with Crippen LogP contribution in [0.25, 0.3) is 0 Å². The summed E-state index contributed by atoms with van der Waals surface area (Å²) in [5.74, 6) is 0.483. The van der Waals surface area contributed by atoms with Gasteiger partial charge in [-0.05, 0) is 24.6 Å². The number of hydrogen-bond donors (Lipinski definition) is 1. The van der Waals surface area contributed by atoms with Gasteiger partial charge in [0.05, 0.1) is 12.7 Å². The molecule has 0 saturated heterocycles. The van der Waals surface area contributed by atoms with Gasteiger partial charge in [-0.15, -0.1) is 0 Å². The highest BCUT2D eigenvalue weighted by Gasteiger charge is 2.29. The van der Waals surface area contributed by atoms with Crippen LogP contribution in [0.4, 0.5) is 0 Å². The van der Waals surface area contributed by atoms with E-state index in [1.807, 2.05) is 20.8 Å². The smallest absolute Gasteiger partial charge is 0.173 e. The number of benzene rings is 1. The van der Waals surface area contributed by atoms with Crippen molar-refractivity contribution in [1.82, 2.24) is 0 Å². The fourth-order valence-corrected chi connectivity index (χ4v) is 1.62. The van der Waals surface area contributed by atoms with E-state index in [0.717, 1.165) is 5.56 Å². The molecule has 94 valence electrons. The number of hydrogen-bond acceptors (Lipinski definition) is 3. The van der Waals surface area contributed by atoms with Crippen LogP contribution in [0, 0.1) is 12.3 Å². The minimum absolute atomic E-state index is 0.0567. The first-order valence-electron chi connectivity index (χ1n) is 5.42. The molecule has 0 saturated carbocycles. The predicted octanol–water partition coefficient (Wildman–Crippen LogP) is 2.82. The summed E-state index contributed by atoms with van der Waals surface area (Å²) >= 11 is 6.04. The molecule has 1 rings (SSSR count). The van der Waals surface area contributed by atoms with E-state index in [-0.39, 0.29) is 12.3 Å². The largest absolute Gasteiger partial charge is 0.496 e. The average molecular weight is 256 g/mol. The molecule has 0 unspecified atom stereocenters. The highest BCUT2D eigenvalue weighted by molar-refractivity contribution is 6.31. The Labute approximate surface area is 107 Å². The molecule has 4 heteroatoms. The minimum atomic E-state index is -0.619. The number of methoxy groups -OCH3 is 1. The van der Waals surface area contributed by atoms with Crippen LogP contribution in [-0.4, -0.2) is 19.4 Å². The summed E-state index contributed by atoms with van der Waals surface area (Å²) in [6.07, 6.45) is 0. The summed E-state index contributed by atoms with van der Waals surface area (Å²) in [5, 5.41) is 0.557. The number of Topliss-reactive ketones (excluding diaryl/α,β-unsaturated/α-hetero) is 1. The van der Waals surface area contributed by atoms with E-state index in [4.69, 9.17) is 22.1 Å². The Hall–Kier alpha value is -1.06. The second-order valence-corrected chi connectivity index (χ2v) is 5.13. The molecular formula is C13H18ClNO2. The Morgan fingerprint density at radius 3 is 2.53 bits per heavy atom. The molecule has 0 fully saturated rings. The number of ketones is 1. The first-order chi connectivity index (χ1) is 7.83. The monoisotopic (exact) mass is 255 g/mol. The minimum Gasteiger partial charge on any atom is -0.496 e. The van der Waals surface area contributed by atoms with Crippen molar-refractivity contribution in [3.8, 4) is 5.75 Å². The van der Waals surface area contributed by atoms with Crippen molar-refractivity contribution in [2.24, 2.45) is 11.1 Å². The fourth-order valence-electron chi connectivity index (χ4n) is 1.46. The SMILES string of the molecule is COc1cc(C)c(Cl)cc1C(=O)C(C)(C)CN. The van der Waals surface area contributed by atoms with E-state index in [2.05, 4.69) is 0 Å². The summed E-state index contributed by atoms with van der Waals surface area (Å²) in [4.78, 5) is 12.3. The number of ether oxygens (including phenoxy) is 1. The Morgan fingerprint density at radius 2 is 2.06 bits per heavy atom. The molecule has 1 aromatic carbocycles. The zero-order valence-electron chi connectivity index (χ0n) is 10.6. The third kappa shape index (κ3) is 2.79. The van der Waals surface area contributed by atoms with Gasteiger partial charge in [-0.3, -0.25) is 4.79 Å². The molecule has 0 aromatic heterocycles. The number of carbonyl (C=O) groups is 1. The van der Waals surface area contributed by atoms with E-state index < -0.39 is 5.41 Å². The van der Waals surface area contributed by atoms with Crippen molar-refractivity contribution < 1.29 is 9.53 Å². The van der Waals surface area contributed by atoms with Crippen LogP contribution in [0.5, 0.6) is 5.75 Å². The van der Waals surface area contributed by atoms with Gasteiger partial charge in [0.15, 0.2) is 5.78 Å². The van der Waals surface area contributed by atoms with Gasteiger partial charge in [-0.2, -0.15) is 0 Å². The molecule has 0 heterocycles. The number of carbonyl (C=O) groups excluding carboxylic acids is 1. The van der Waals surface area contributed by atoms with Crippen LogP contribution in [-0.2, 0) is 0 Å². The highest BCUT2D eigenvalue weighted by Crippen LogP contribution is 2.31. The lowest BCUT2D eigenvalue weighted by Crippen LogP contribution is -2.33. The van der Waals surface area contributed by atoms with Crippen molar-refractivity contribution in [1.29, 1.82) is 0 Å². The van der Waals surface area contributed by atoms with Crippen molar-refractivity contribution in [2.45, 2.75) is 20.8 Å². The summed E-state index contributed by atoms with van der Waals surface area (Å²) < 4.78 is 5.22. The number of aryl methyl sites for hydroxylation is 1. The van der Waals surface area contributed by atoms with Crippen molar-refractivity contribution in [3.05, 3.63) is 28.3 Å². The van der Waals surface area contributed by atoms with Crippen LogP contribution in [0.2, 0.25) is 5.02 Å². The normalized spacial score (nSPS) is 11.4. The molecule has 0 spiro atoms. The molecular weight excluding hydrogens is 238 g/mol. The molecule has 1 aromatic rings. The topological polar surface area (TPSA) is 52.3 Å². The second-order valence-electron chi connectivity index (χ2n) is 4.72. The van der Waals surface area contributed by atoms with Gasteiger partial charge < -0.3 is 10.5 Å². The Bertz CT molecular complexity index is 441. The van der Waals surface area contributed by atoms with Crippen molar-refractivity contribution >= 4 is 17.4 Å². The van der Waals surface area contributed by atoms with E-state index in [1.54, 1.807) is 12.1 Å². The molecule has 0 bridgehead atoms. The summed E-state index contributed by atoms with van der Waals surface area (Å²) in [6.45, 7) is 5.76. The van der Waals surface area contributed by atoms with Gasteiger partial charge in [0.1, 0.15) is 5.75 Å². The van der Waals surface area contributed by atoms with Gasteiger partial charge in [-0.1, -0.05) is 25.4 Å². The third-order valence-electron chi connectivity index (χ3n) is 2.85. The van der Waals surface area contributed by atoms with Crippen molar-refractivity contribution in [3.63, 3.8) is 0 Å². The molecule has 17 heavy (non-hydrogen) atoms. The lowest BCUT2D eigenvalue weighted by molar-refractivity contribution is 0.0844. The van der Waals surface area contributed by atoms with Gasteiger partial charge in [0, 0.05) is 17.0 Å². The number of halogens is 1. The molecule has 0 amide bonds. The average Bonchev–Trinajstić information content (AvgIpc) is 2.31. The van der Waals surface area contributed by atoms with Crippen LogP contribution in [0.1, 0.15) is 29.8 Å². The standard InChI is InChI=1S/C13H18ClNO2/c1-8-5-11(17-4)9(6-10(8)14)12(16)13(2,3)7-15/h5-6H,7,15H2,1-4H3. The maximum absolute atomic E-state index is 12.3. The number of nitrogens with two attached hydrogens (primary N) is 1. The zero-order chi connectivity index (χ0) is 13.2. The first-order valence-corrected chi connectivity index (χ1v) is 5.80. The van der Waals surface area contributed by atoms with Crippen LogP contribution < -0.4 is 10.5 Å². The maximum Gasteiger partial charge on any atom is 0.173 e. The van der Waals surface area contributed by atoms with E-state index in [9.17, 15) is 4.79 Å². The quantitative estimate of drug-likeness (QED) is 0.842. The van der Waals surface area contributed by atoms with Crippen LogP contribution >= 0.6 is 11.6 Å². The summed E-state index contributed by atoms with van der Waals surface area (Å²) in [7, 11) is 1.54. The molecule has 0 aliphatic rings. The molecule has 0 radical (unpaired) electrons. The second kappa shape index (κ2) is 5.07. The zero-order valence-corrected chi connectivity index (χ0v) is 11.4. The highest BCUT2D eigenvalue weighted by atomic mass is 35.5. The van der Waals surface area contributed by atoms with Crippen molar-refractivity contribution in [2.75, 3.05) is 13.7 Å². The van der Waals surface area contributed by atoms with E-state index in [0.29, 0.717) is 16.3 Å². The van der Waals surface area contributed by atoms with Gasteiger partial charge in [-0.25, -0.2) is 0 Å². The van der Waals surface area contributed by atoms with Gasteiger partial charge in [0.25, 0.3) is 0 Å². The molecule has 0 aliphatic carbocycles. The van der Waals surface area contributed by atoms with Gasteiger partial charge in [0.2, 0.25) is 0 Å². The molecule has 0 atom stereocenters. The first kappa shape index (κ1) is 14.0. The lowest BCUT2D eigenvalue weighted by Gasteiger charge is -2.22. The molecule has 0 aliphatic heterocycles. The van der Waals surface area contributed by atoms with E-state index >= 15 is 0 Å². The predicted molar refractivity (Wildman–Crippen MR) is 69.9 cm³/mol. The number of rotatable bonds is 4. The van der Waals surface area contributed by atoms with E-state index in [1.165, 1.54) is 7.11 Å². The van der Waals surface area contributed by atoms with Crippen LogP contribution in [0.15, 0.2) is 12.1 Å². The molecule has 3 nitrogen and oxygen atoms in total.